The van der Waals surface area contributed by atoms with E-state index in [0.29, 0.717) is 18.6 Å². The molecule has 0 heterocycles. The van der Waals surface area contributed by atoms with Crippen molar-refractivity contribution in [2.75, 3.05) is 5.32 Å². The molecule has 2 saturated carbocycles. The third-order valence-corrected chi connectivity index (χ3v) is 8.05. The second-order valence-electron chi connectivity index (χ2n) is 9.67. The van der Waals surface area contributed by atoms with Gasteiger partial charge in [0.2, 0.25) is 5.91 Å². The van der Waals surface area contributed by atoms with Crippen LogP contribution in [0.25, 0.3) is 0 Å². The molecule has 0 aromatic heterocycles. The van der Waals surface area contributed by atoms with Gasteiger partial charge in [0.25, 0.3) is 11.4 Å². The van der Waals surface area contributed by atoms with Crippen LogP contribution in [0.15, 0.2) is 53.7 Å². The van der Waals surface area contributed by atoms with Gasteiger partial charge < -0.3 is 10.2 Å². The summed E-state index contributed by atoms with van der Waals surface area (Å²) in [6, 6.07) is 11.1. The van der Waals surface area contributed by atoms with E-state index in [2.05, 4.69) is 10.5 Å². The molecule has 11 nitrogen and oxygen atoms in total. The van der Waals surface area contributed by atoms with E-state index in [-0.39, 0.29) is 35.0 Å². The number of amides is 1. The number of nitrogens with zero attached hydrogens (tertiary/aromatic N) is 3. The first-order valence-corrected chi connectivity index (χ1v) is 11.0. The minimum Gasteiger partial charge on any atom is -0.320 e. The number of nitro benzene ring substituents is 2. The number of hydrogen-bond acceptors (Lipinski definition) is 8. The molecule has 35 heavy (non-hydrogen) atoms. The first-order chi connectivity index (χ1) is 16.4. The number of benzene rings is 2. The summed E-state index contributed by atoms with van der Waals surface area (Å²) in [4.78, 5) is 52.4. The number of rotatable bonds is 6. The van der Waals surface area contributed by atoms with E-state index < -0.39 is 32.1 Å². The van der Waals surface area contributed by atoms with Crippen LogP contribution in [0.4, 0.5) is 17.1 Å². The zero-order valence-electron chi connectivity index (χ0n) is 19.4. The molecule has 0 spiro atoms. The molecule has 2 unspecified atom stereocenters. The van der Waals surface area contributed by atoms with Crippen molar-refractivity contribution in [1.29, 1.82) is 0 Å². The zero-order chi connectivity index (χ0) is 25.6. The van der Waals surface area contributed by atoms with Gasteiger partial charge in [-0.15, -0.1) is 0 Å². The van der Waals surface area contributed by atoms with Crippen molar-refractivity contribution in [3.63, 3.8) is 0 Å². The van der Waals surface area contributed by atoms with Crippen molar-refractivity contribution in [3.8, 4) is 0 Å². The van der Waals surface area contributed by atoms with Gasteiger partial charge in [0.05, 0.1) is 26.5 Å². The lowest BCUT2D eigenvalue weighted by molar-refractivity contribution is -0.384. The van der Waals surface area contributed by atoms with E-state index in [1.807, 2.05) is 20.8 Å². The number of carbonyl (C=O) groups is 2. The number of carbonyl (C=O) groups excluding carboxylic acids is 2. The summed E-state index contributed by atoms with van der Waals surface area (Å²) in [5.41, 5.74) is -1.88. The molecule has 2 aliphatic rings. The third-order valence-electron chi connectivity index (χ3n) is 8.05. The van der Waals surface area contributed by atoms with E-state index in [1.165, 1.54) is 36.4 Å². The molecule has 4 rings (SSSR count). The van der Waals surface area contributed by atoms with Gasteiger partial charge >= 0.3 is 5.97 Å². The number of oxime groups is 1. The van der Waals surface area contributed by atoms with Gasteiger partial charge in [-0.1, -0.05) is 44.1 Å². The Morgan fingerprint density at radius 1 is 1.00 bits per heavy atom. The van der Waals surface area contributed by atoms with E-state index >= 15 is 0 Å². The Bertz CT molecular complexity index is 1290. The predicted octanol–water partition coefficient (Wildman–Crippen LogP) is 4.87. The van der Waals surface area contributed by atoms with Crippen LogP contribution in [0.3, 0.4) is 0 Å². The lowest BCUT2D eigenvalue weighted by Crippen LogP contribution is -2.43. The molecule has 1 amide bonds. The van der Waals surface area contributed by atoms with Crippen LogP contribution in [0.1, 0.15) is 50.4 Å². The zero-order valence-corrected chi connectivity index (χ0v) is 19.4. The minimum atomic E-state index is -0.914. The Morgan fingerprint density at radius 3 is 2.40 bits per heavy atom. The summed E-state index contributed by atoms with van der Waals surface area (Å²) in [6.45, 7) is 5.85. The largest absolute Gasteiger partial charge is 0.365 e. The Kier molecular flexibility index (Phi) is 5.66. The Labute approximate surface area is 200 Å². The highest BCUT2D eigenvalue weighted by Crippen LogP contribution is 2.71. The fraction of sp³-hybridized carbons (Fsp3) is 0.375. The normalized spacial score (nSPS) is 25.3. The topological polar surface area (TPSA) is 154 Å². The number of nitro groups is 2. The van der Waals surface area contributed by atoms with Crippen molar-refractivity contribution in [3.05, 3.63) is 74.3 Å². The van der Waals surface area contributed by atoms with E-state index in [9.17, 15) is 29.8 Å². The Morgan fingerprint density at radius 2 is 1.71 bits per heavy atom. The maximum atomic E-state index is 13.6. The van der Waals surface area contributed by atoms with Crippen molar-refractivity contribution >= 4 is 34.7 Å². The van der Waals surface area contributed by atoms with Gasteiger partial charge in [-0.05, 0) is 30.4 Å². The molecule has 0 saturated heterocycles. The molecule has 2 fully saturated rings. The number of anilines is 1. The van der Waals surface area contributed by atoms with Crippen molar-refractivity contribution in [2.24, 2.45) is 21.4 Å². The van der Waals surface area contributed by atoms with Crippen molar-refractivity contribution in [2.45, 2.75) is 40.0 Å². The van der Waals surface area contributed by atoms with Crippen LogP contribution in [0, 0.1) is 36.5 Å². The highest BCUT2D eigenvalue weighted by atomic mass is 16.7. The van der Waals surface area contributed by atoms with Gasteiger partial charge in [0.15, 0.2) is 0 Å². The molecular weight excluding hydrogens is 456 g/mol. The lowest BCUT2D eigenvalue weighted by atomic mass is 9.64. The number of non-ortho nitro benzene ring substituents is 1. The third kappa shape index (κ3) is 3.63. The molecule has 2 atom stereocenters. The summed E-state index contributed by atoms with van der Waals surface area (Å²) in [5.74, 6) is -1.19. The lowest BCUT2D eigenvalue weighted by Gasteiger charge is -2.39. The molecule has 2 bridgehead atoms. The molecule has 182 valence electrons. The first-order valence-electron chi connectivity index (χ1n) is 11.0. The maximum Gasteiger partial charge on any atom is 0.365 e. The van der Waals surface area contributed by atoms with Gasteiger partial charge in [-0.2, -0.15) is 0 Å². The van der Waals surface area contributed by atoms with Gasteiger partial charge in [0, 0.05) is 30.0 Å². The molecule has 0 radical (unpaired) electrons. The number of hydrogen-bond donors (Lipinski definition) is 1. The van der Waals surface area contributed by atoms with Crippen molar-refractivity contribution in [1.82, 2.24) is 0 Å². The average molecular weight is 480 g/mol. The van der Waals surface area contributed by atoms with E-state index in [1.54, 1.807) is 6.07 Å². The second-order valence-corrected chi connectivity index (χ2v) is 9.67. The van der Waals surface area contributed by atoms with Crippen LogP contribution >= 0.6 is 0 Å². The molecule has 2 aliphatic carbocycles. The van der Waals surface area contributed by atoms with Gasteiger partial charge in [-0.3, -0.25) is 25.0 Å². The quantitative estimate of drug-likeness (QED) is 0.351. The number of para-hydroxylation sites is 2. The Hall–Kier alpha value is -4.15. The highest BCUT2D eigenvalue weighted by Gasteiger charge is 2.71. The van der Waals surface area contributed by atoms with E-state index in [4.69, 9.17) is 4.84 Å². The highest BCUT2D eigenvalue weighted by molar-refractivity contribution is 6.07. The summed E-state index contributed by atoms with van der Waals surface area (Å²) < 4.78 is 0. The number of fused-ring (bicyclic) bond motifs is 2. The first kappa shape index (κ1) is 24.0. The Balaban J connectivity index is 1.60. The monoisotopic (exact) mass is 480 g/mol. The summed E-state index contributed by atoms with van der Waals surface area (Å²) in [5, 5.41) is 29.2. The fourth-order valence-corrected chi connectivity index (χ4v) is 5.40. The summed E-state index contributed by atoms with van der Waals surface area (Å²) in [7, 11) is 0. The fourth-order valence-electron chi connectivity index (χ4n) is 5.40. The van der Waals surface area contributed by atoms with Crippen LogP contribution < -0.4 is 5.32 Å². The second kappa shape index (κ2) is 8.26. The van der Waals surface area contributed by atoms with Crippen molar-refractivity contribution < 1.29 is 24.3 Å². The average Bonchev–Trinajstić information content (AvgIpc) is 3.13. The molecule has 2 aromatic carbocycles. The number of nitrogens with one attached hydrogen (secondary N) is 1. The standard InChI is InChI=1S/C24H24N4O7/c1-22(2)23(3)11-12-24(22,21(30)25-17-9-4-5-10-18(17)28(33)34)14-19(23)26-35-20(29)15-7-6-8-16(13-15)27(31)32/h4-10,13H,11-12,14H2,1-3H3,(H,25,30)/b26-19+. The molecular formula is C24H24N4O7. The van der Waals surface area contributed by atoms with Crippen LogP contribution in [-0.4, -0.2) is 27.4 Å². The molecule has 0 aliphatic heterocycles. The molecule has 11 heteroatoms. The van der Waals surface area contributed by atoms with Crippen LogP contribution in [0.5, 0.6) is 0 Å². The maximum absolute atomic E-state index is 13.6. The van der Waals surface area contributed by atoms with Gasteiger partial charge in [-0.25, -0.2) is 4.79 Å². The van der Waals surface area contributed by atoms with E-state index in [0.717, 1.165) is 6.07 Å². The smallest absolute Gasteiger partial charge is 0.320 e. The van der Waals surface area contributed by atoms with Gasteiger partial charge in [0.1, 0.15) is 5.69 Å². The summed E-state index contributed by atoms with van der Waals surface area (Å²) in [6.07, 6.45) is 1.36. The molecule has 2 aromatic rings. The predicted molar refractivity (Wildman–Crippen MR) is 126 cm³/mol. The molecule has 1 N–H and O–H groups in total. The SMILES string of the molecule is CC12CCC(C(=O)Nc3ccccc3[N+](=O)[O-])(C/C1=N\OC(=O)c1cccc([N+](=O)[O-])c1)C2(C)C. The summed E-state index contributed by atoms with van der Waals surface area (Å²) >= 11 is 0. The van der Waals surface area contributed by atoms with Crippen LogP contribution in [0.2, 0.25) is 0 Å². The van der Waals surface area contributed by atoms with Crippen LogP contribution in [-0.2, 0) is 9.63 Å². The minimum absolute atomic E-state index is 0.0139.